The van der Waals surface area contributed by atoms with Crippen LogP contribution in [0.25, 0.3) is 5.65 Å². The van der Waals surface area contributed by atoms with E-state index in [1.54, 1.807) is 36.6 Å². The zero-order valence-corrected chi connectivity index (χ0v) is 13.0. The van der Waals surface area contributed by atoms with Crippen LogP contribution in [0.3, 0.4) is 0 Å². The molecule has 0 spiro atoms. The van der Waals surface area contributed by atoms with Crippen molar-refractivity contribution in [3.8, 4) is 0 Å². The smallest absolute Gasteiger partial charge is 0.290 e. The maximum atomic E-state index is 13.3. The van der Waals surface area contributed by atoms with Gasteiger partial charge in [0.2, 0.25) is 0 Å². The van der Waals surface area contributed by atoms with Gasteiger partial charge in [0.15, 0.2) is 11.6 Å². The Kier molecular flexibility index (Phi) is 4.07. The first-order chi connectivity index (χ1) is 11.5. The number of rotatable bonds is 3. The van der Waals surface area contributed by atoms with Gasteiger partial charge < -0.3 is 0 Å². The SMILES string of the molecule is C/C(=N/NC(=O)c1c(C)nc2ccccn12)c1ccc(F)c(F)c1. The molecule has 0 aliphatic heterocycles. The molecule has 0 bridgehead atoms. The lowest BCUT2D eigenvalue weighted by atomic mass is 10.1. The van der Waals surface area contributed by atoms with E-state index in [-0.39, 0.29) is 0 Å². The number of amides is 1. The second-order valence-electron chi connectivity index (χ2n) is 5.24. The summed E-state index contributed by atoms with van der Waals surface area (Å²) in [5.74, 6) is -2.34. The van der Waals surface area contributed by atoms with Gasteiger partial charge in [-0.1, -0.05) is 6.07 Å². The number of aryl methyl sites for hydroxylation is 1. The largest absolute Gasteiger partial charge is 0.295 e. The van der Waals surface area contributed by atoms with Crippen molar-refractivity contribution in [2.45, 2.75) is 13.8 Å². The molecule has 0 atom stereocenters. The number of pyridine rings is 1. The van der Waals surface area contributed by atoms with Crippen LogP contribution in [0.1, 0.15) is 28.7 Å². The fraction of sp³-hybridized carbons (Fsp3) is 0.118. The summed E-state index contributed by atoms with van der Waals surface area (Å²) in [6.07, 6.45) is 1.73. The third-order valence-electron chi connectivity index (χ3n) is 3.58. The summed E-state index contributed by atoms with van der Waals surface area (Å²) in [4.78, 5) is 16.7. The Labute approximate surface area is 136 Å². The molecule has 0 saturated heterocycles. The highest BCUT2D eigenvalue weighted by atomic mass is 19.2. The minimum Gasteiger partial charge on any atom is -0.295 e. The molecule has 0 saturated carbocycles. The number of halogens is 2. The fourth-order valence-electron chi connectivity index (χ4n) is 2.36. The van der Waals surface area contributed by atoms with Crippen LogP contribution in [0, 0.1) is 18.6 Å². The number of carbonyl (C=O) groups excluding carboxylic acids is 1. The number of aromatic nitrogens is 2. The Balaban J connectivity index is 1.86. The van der Waals surface area contributed by atoms with Crippen molar-refractivity contribution in [3.63, 3.8) is 0 Å². The van der Waals surface area contributed by atoms with E-state index >= 15 is 0 Å². The molecule has 122 valence electrons. The van der Waals surface area contributed by atoms with Crippen LogP contribution in [-0.2, 0) is 0 Å². The summed E-state index contributed by atoms with van der Waals surface area (Å²) >= 11 is 0. The summed E-state index contributed by atoms with van der Waals surface area (Å²) in [5.41, 5.74) is 4.75. The highest BCUT2D eigenvalue weighted by Crippen LogP contribution is 2.12. The van der Waals surface area contributed by atoms with Crippen molar-refractivity contribution < 1.29 is 13.6 Å². The molecule has 3 rings (SSSR count). The van der Waals surface area contributed by atoms with Crippen LogP contribution in [0.15, 0.2) is 47.7 Å². The minimum atomic E-state index is -0.967. The second-order valence-corrected chi connectivity index (χ2v) is 5.24. The summed E-state index contributed by atoms with van der Waals surface area (Å²) in [6.45, 7) is 3.32. The van der Waals surface area contributed by atoms with Gasteiger partial charge in [-0.2, -0.15) is 5.10 Å². The average Bonchev–Trinajstić information content (AvgIpc) is 2.90. The van der Waals surface area contributed by atoms with E-state index in [0.29, 0.717) is 28.3 Å². The number of carbonyl (C=O) groups is 1. The number of imidazole rings is 1. The van der Waals surface area contributed by atoms with Gasteiger partial charge in [0, 0.05) is 11.8 Å². The molecule has 5 nitrogen and oxygen atoms in total. The highest BCUT2D eigenvalue weighted by Gasteiger charge is 2.16. The maximum Gasteiger partial charge on any atom is 0.290 e. The minimum absolute atomic E-state index is 0.355. The zero-order valence-electron chi connectivity index (χ0n) is 13.0. The van der Waals surface area contributed by atoms with Crippen LogP contribution in [0.2, 0.25) is 0 Å². The maximum absolute atomic E-state index is 13.3. The summed E-state index contributed by atoms with van der Waals surface area (Å²) < 4.78 is 27.9. The van der Waals surface area contributed by atoms with Gasteiger partial charge >= 0.3 is 0 Å². The molecule has 7 heteroatoms. The van der Waals surface area contributed by atoms with E-state index < -0.39 is 17.5 Å². The van der Waals surface area contributed by atoms with Crippen molar-refractivity contribution >= 4 is 17.3 Å². The Morgan fingerprint density at radius 1 is 1.21 bits per heavy atom. The standard InChI is InChI=1S/C17H14F2N4O/c1-10(12-6-7-13(18)14(19)9-12)21-22-17(24)16-11(2)20-15-5-3-4-8-23(15)16/h3-9H,1-2H3,(H,22,24)/b21-10-. The first-order valence-corrected chi connectivity index (χ1v) is 7.21. The molecule has 3 aromatic rings. The molecule has 24 heavy (non-hydrogen) atoms. The Hall–Kier alpha value is -3.09. The molecule has 1 aromatic carbocycles. The number of hydrazone groups is 1. The Morgan fingerprint density at radius 3 is 2.75 bits per heavy atom. The van der Waals surface area contributed by atoms with Crippen LogP contribution < -0.4 is 5.43 Å². The van der Waals surface area contributed by atoms with Crippen LogP contribution in [0.5, 0.6) is 0 Å². The topological polar surface area (TPSA) is 58.8 Å². The number of hydrogen-bond donors (Lipinski definition) is 1. The fourth-order valence-corrected chi connectivity index (χ4v) is 2.36. The van der Waals surface area contributed by atoms with Crippen molar-refractivity contribution in [1.29, 1.82) is 0 Å². The zero-order chi connectivity index (χ0) is 17.3. The number of nitrogens with one attached hydrogen (secondary N) is 1. The lowest BCUT2D eigenvalue weighted by Gasteiger charge is -2.04. The Bertz CT molecular complexity index is 962. The average molecular weight is 328 g/mol. The molecule has 0 fully saturated rings. The van der Waals surface area contributed by atoms with E-state index in [2.05, 4.69) is 15.5 Å². The third-order valence-corrected chi connectivity index (χ3v) is 3.58. The van der Waals surface area contributed by atoms with Gasteiger partial charge in [-0.25, -0.2) is 19.2 Å². The van der Waals surface area contributed by atoms with E-state index in [4.69, 9.17) is 0 Å². The molecule has 1 N–H and O–H groups in total. The van der Waals surface area contributed by atoms with E-state index in [1.807, 2.05) is 6.07 Å². The van der Waals surface area contributed by atoms with Gasteiger partial charge in [-0.15, -0.1) is 0 Å². The van der Waals surface area contributed by atoms with Crippen molar-refractivity contribution in [3.05, 3.63) is 71.2 Å². The number of nitrogens with zero attached hydrogens (tertiary/aromatic N) is 3. The first kappa shape index (κ1) is 15.8. The quantitative estimate of drug-likeness (QED) is 0.593. The van der Waals surface area contributed by atoms with E-state index in [1.165, 1.54) is 6.07 Å². The molecule has 2 aromatic heterocycles. The monoisotopic (exact) mass is 328 g/mol. The van der Waals surface area contributed by atoms with Crippen LogP contribution in [0.4, 0.5) is 8.78 Å². The summed E-state index contributed by atoms with van der Waals surface area (Å²) in [6, 6.07) is 8.85. The van der Waals surface area contributed by atoms with Crippen LogP contribution >= 0.6 is 0 Å². The van der Waals surface area contributed by atoms with Gasteiger partial charge in [0.05, 0.1) is 11.4 Å². The number of benzene rings is 1. The van der Waals surface area contributed by atoms with E-state index in [0.717, 1.165) is 12.1 Å². The Morgan fingerprint density at radius 2 is 2.00 bits per heavy atom. The molecule has 2 heterocycles. The molecule has 0 radical (unpaired) electrons. The lowest BCUT2D eigenvalue weighted by Crippen LogP contribution is -2.22. The second kappa shape index (κ2) is 6.19. The molecular weight excluding hydrogens is 314 g/mol. The molecule has 0 aliphatic rings. The first-order valence-electron chi connectivity index (χ1n) is 7.21. The molecule has 1 amide bonds. The normalized spacial score (nSPS) is 11.8. The number of fused-ring (bicyclic) bond motifs is 1. The van der Waals surface area contributed by atoms with Crippen LogP contribution in [-0.4, -0.2) is 21.0 Å². The van der Waals surface area contributed by atoms with Gasteiger partial charge in [-0.3, -0.25) is 9.20 Å². The lowest BCUT2D eigenvalue weighted by molar-refractivity contribution is 0.0948. The van der Waals surface area contributed by atoms with Crippen molar-refractivity contribution in [2.75, 3.05) is 0 Å². The molecule has 0 aliphatic carbocycles. The van der Waals surface area contributed by atoms with E-state index in [9.17, 15) is 13.6 Å². The predicted octanol–water partition coefficient (Wildman–Crippen LogP) is 3.07. The highest BCUT2D eigenvalue weighted by molar-refractivity contribution is 6.00. The predicted molar refractivity (Wildman–Crippen MR) is 86.0 cm³/mol. The molecule has 0 unspecified atom stereocenters. The van der Waals surface area contributed by atoms with Gasteiger partial charge in [0.1, 0.15) is 11.3 Å². The van der Waals surface area contributed by atoms with Gasteiger partial charge in [-0.05, 0) is 44.2 Å². The van der Waals surface area contributed by atoms with Crippen molar-refractivity contribution in [1.82, 2.24) is 14.8 Å². The molecular formula is C17H14F2N4O. The number of hydrogen-bond acceptors (Lipinski definition) is 3. The van der Waals surface area contributed by atoms with Crippen molar-refractivity contribution in [2.24, 2.45) is 5.10 Å². The summed E-state index contributed by atoms with van der Waals surface area (Å²) in [7, 11) is 0. The van der Waals surface area contributed by atoms with Gasteiger partial charge in [0.25, 0.3) is 5.91 Å². The third kappa shape index (κ3) is 2.88. The summed E-state index contributed by atoms with van der Waals surface area (Å²) in [5, 5.41) is 3.96.